The standard InChI is InChI=1S/C26H24N2/c1-16-10-4-5-11-19(16)24(25-17(2)20-12-6-8-14-22(20)27-25)26-18(3)21-13-7-9-15-23(21)28-26/h4-15,24,27-28H,1-3H3. The average Bonchev–Trinajstić information content (AvgIpc) is 3.22. The quantitative estimate of drug-likeness (QED) is 0.355. The van der Waals surface area contributed by atoms with E-state index in [0.717, 1.165) is 0 Å². The van der Waals surface area contributed by atoms with Crippen molar-refractivity contribution in [2.24, 2.45) is 0 Å². The number of aryl methyl sites for hydroxylation is 3. The average molecular weight is 364 g/mol. The zero-order valence-electron chi connectivity index (χ0n) is 16.5. The molecule has 5 rings (SSSR count). The summed E-state index contributed by atoms with van der Waals surface area (Å²) < 4.78 is 0. The number of rotatable bonds is 3. The Hall–Kier alpha value is -3.26. The van der Waals surface area contributed by atoms with Crippen molar-refractivity contribution in [3.05, 3.63) is 106 Å². The maximum Gasteiger partial charge on any atom is 0.0650 e. The normalized spacial score (nSPS) is 11.7. The summed E-state index contributed by atoms with van der Waals surface area (Å²) in [5, 5.41) is 2.59. The van der Waals surface area contributed by atoms with Gasteiger partial charge in [0.1, 0.15) is 0 Å². The maximum absolute atomic E-state index is 3.74. The second-order valence-electron chi connectivity index (χ2n) is 7.71. The van der Waals surface area contributed by atoms with Gasteiger partial charge in [0, 0.05) is 33.2 Å². The summed E-state index contributed by atoms with van der Waals surface area (Å²) in [4.78, 5) is 7.48. The number of para-hydroxylation sites is 2. The Kier molecular flexibility index (Phi) is 3.87. The van der Waals surface area contributed by atoms with Gasteiger partial charge < -0.3 is 9.97 Å². The third-order valence-electron chi connectivity index (χ3n) is 6.09. The first-order valence-electron chi connectivity index (χ1n) is 9.85. The Morgan fingerprint density at radius 2 is 1.04 bits per heavy atom. The van der Waals surface area contributed by atoms with Crippen molar-refractivity contribution >= 4 is 21.8 Å². The van der Waals surface area contributed by atoms with Crippen LogP contribution in [0.5, 0.6) is 0 Å². The molecule has 28 heavy (non-hydrogen) atoms. The van der Waals surface area contributed by atoms with E-state index in [2.05, 4.69) is 104 Å². The highest BCUT2D eigenvalue weighted by molar-refractivity contribution is 5.87. The zero-order chi connectivity index (χ0) is 19.3. The molecule has 0 saturated heterocycles. The Morgan fingerprint density at radius 1 is 0.571 bits per heavy atom. The van der Waals surface area contributed by atoms with Gasteiger partial charge in [-0.05, 0) is 55.2 Å². The lowest BCUT2D eigenvalue weighted by molar-refractivity contribution is 0.878. The molecule has 138 valence electrons. The van der Waals surface area contributed by atoms with Crippen LogP contribution >= 0.6 is 0 Å². The van der Waals surface area contributed by atoms with E-state index in [-0.39, 0.29) is 5.92 Å². The molecule has 2 heteroatoms. The molecule has 5 aromatic rings. The molecule has 3 aromatic carbocycles. The van der Waals surface area contributed by atoms with Crippen LogP contribution in [0.1, 0.15) is 39.6 Å². The van der Waals surface area contributed by atoms with Crippen molar-refractivity contribution in [2.75, 3.05) is 0 Å². The summed E-state index contributed by atoms with van der Waals surface area (Å²) >= 11 is 0. The molecule has 2 N–H and O–H groups in total. The van der Waals surface area contributed by atoms with E-state index in [4.69, 9.17) is 0 Å². The SMILES string of the molecule is Cc1ccccc1C(c1[nH]c2ccccc2c1C)c1[nH]c2ccccc2c1C. The second kappa shape index (κ2) is 6.42. The largest absolute Gasteiger partial charge is 0.357 e. The molecular weight excluding hydrogens is 340 g/mol. The van der Waals surface area contributed by atoms with Crippen molar-refractivity contribution in [1.82, 2.24) is 9.97 Å². The maximum atomic E-state index is 3.74. The molecule has 0 bridgehead atoms. The Labute approximate surface area is 165 Å². The van der Waals surface area contributed by atoms with Gasteiger partial charge >= 0.3 is 0 Å². The first-order valence-corrected chi connectivity index (χ1v) is 9.85. The Balaban J connectivity index is 1.84. The van der Waals surface area contributed by atoms with Gasteiger partial charge in [0.05, 0.1) is 5.92 Å². The minimum atomic E-state index is 0.140. The molecule has 0 fully saturated rings. The lowest BCUT2D eigenvalue weighted by Gasteiger charge is -2.20. The highest BCUT2D eigenvalue weighted by Crippen LogP contribution is 2.40. The third kappa shape index (κ3) is 2.49. The number of nitrogens with one attached hydrogen (secondary N) is 2. The molecule has 2 heterocycles. The first-order chi connectivity index (χ1) is 13.6. The lowest BCUT2D eigenvalue weighted by Crippen LogP contribution is -2.09. The smallest absolute Gasteiger partial charge is 0.0650 e. The molecular formula is C26H24N2. The molecule has 0 spiro atoms. The van der Waals surface area contributed by atoms with Crippen LogP contribution in [0.15, 0.2) is 72.8 Å². The highest BCUT2D eigenvalue weighted by Gasteiger charge is 2.26. The van der Waals surface area contributed by atoms with Crippen LogP contribution in [0.2, 0.25) is 0 Å². The van der Waals surface area contributed by atoms with Crippen molar-refractivity contribution in [2.45, 2.75) is 26.7 Å². The number of aromatic nitrogens is 2. The van der Waals surface area contributed by atoms with Gasteiger partial charge in [-0.2, -0.15) is 0 Å². The van der Waals surface area contributed by atoms with Crippen LogP contribution in [-0.4, -0.2) is 9.97 Å². The molecule has 0 unspecified atom stereocenters. The van der Waals surface area contributed by atoms with E-state index in [9.17, 15) is 0 Å². The van der Waals surface area contributed by atoms with Crippen LogP contribution in [-0.2, 0) is 0 Å². The molecule has 2 aromatic heterocycles. The highest BCUT2D eigenvalue weighted by atomic mass is 14.8. The van der Waals surface area contributed by atoms with E-state index < -0.39 is 0 Å². The van der Waals surface area contributed by atoms with Crippen LogP contribution in [0, 0.1) is 20.8 Å². The van der Waals surface area contributed by atoms with Crippen LogP contribution in [0.3, 0.4) is 0 Å². The summed E-state index contributed by atoms with van der Waals surface area (Å²) in [6.45, 7) is 6.67. The van der Waals surface area contributed by atoms with Crippen LogP contribution in [0.25, 0.3) is 21.8 Å². The van der Waals surface area contributed by atoms with Gasteiger partial charge in [-0.3, -0.25) is 0 Å². The predicted molar refractivity (Wildman–Crippen MR) is 118 cm³/mol. The molecule has 0 aliphatic heterocycles. The zero-order valence-corrected chi connectivity index (χ0v) is 16.5. The minimum absolute atomic E-state index is 0.140. The minimum Gasteiger partial charge on any atom is -0.357 e. The van der Waals surface area contributed by atoms with E-state index in [0.29, 0.717) is 0 Å². The molecule has 0 radical (unpaired) electrons. The van der Waals surface area contributed by atoms with E-state index in [1.165, 1.54) is 55.4 Å². The van der Waals surface area contributed by atoms with Gasteiger partial charge in [0.2, 0.25) is 0 Å². The summed E-state index contributed by atoms with van der Waals surface area (Å²) in [6, 6.07) is 25.9. The van der Waals surface area contributed by atoms with Gasteiger partial charge in [0.15, 0.2) is 0 Å². The van der Waals surface area contributed by atoms with Gasteiger partial charge in [-0.15, -0.1) is 0 Å². The van der Waals surface area contributed by atoms with Gasteiger partial charge in [-0.25, -0.2) is 0 Å². The van der Waals surface area contributed by atoms with Crippen LogP contribution in [0.4, 0.5) is 0 Å². The van der Waals surface area contributed by atoms with Gasteiger partial charge in [0.25, 0.3) is 0 Å². The third-order valence-corrected chi connectivity index (χ3v) is 6.09. The summed E-state index contributed by atoms with van der Waals surface area (Å²) in [6.07, 6.45) is 0. The number of hydrogen-bond acceptors (Lipinski definition) is 0. The fourth-order valence-electron chi connectivity index (χ4n) is 4.55. The summed E-state index contributed by atoms with van der Waals surface area (Å²) in [5.41, 5.74) is 10.2. The van der Waals surface area contributed by atoms with Gasteiger partial charge in [-0.1, -0.05) is 60.7 Å². The lowest BCUT2D eigenvalue weighted by atomic mass is 9.86. The second-order valence-corrected chi connectivity index (χ2v) is 7.71. The van der Waals surface area contributed by atoms with Crippen LogP contribution < -0.4 is 0 Å². The monoisotopic (exact) mass is 364 g/mol. The molecule has 0 aliphatic rings. The van der Waals surface area contributed by atoms with Crippen molar-refractivity contribution in [3.8, 4) is 0 Å². The van der Waals surface area contributed by atoms with Crippen molar-refractivity contribution in [1.29, 1.82) is 0 Å². The number of H-pyrrole nitrogens is 2. The fraction of sp³-hybridized carbons (Fsp3) is 0.154. The Bertz CT molecular complexity index is 1220. The number of hydrogen-bond donors (Lipinski definition) is 2. The molecule has 2 nitrogen and oxygen atoms in total. The summed E-state index contributed by atoms with van der Waals surface area (Å²) in [5.74, 6) is 0.140. The van der Waals surface area contributed by atoms with E-state index in [1.807, 2.05) is 0 Å². The van der Waals surface area contributed by atoms with Crippen molar-refractivity contribution < 1.29 is 0 Å². The number of aromatic amines is 2. The topological polar surface area (TPSA) is 31.6 Å². The summed E-state index contributed by atoms with van der Waals surface area (Å²) in [7, 11) is 0. The number of fused-ring (bicyclic) bond motifs is 2. The number of benzene rings is 3. The Morgan fingerprint density at radius 3 is 1.54 bits per heavy atom. The first kappa shape index (κ1) is 16.9. The van der Waals surface area contributed by atoms with E-state index in [1.54, 1.807) is 0 Å². The van der Waals surface area contributed by atoms with E-state index >= 15 is 0 Å². The predicted octanol–water partition coefficient (Wildman–Crippen LogP) is 6.75. The molecule has 0 amide bonds. The molecule has 0 saturated carbocycles. The fourth-order valence-corrected chi connectivity index (χ4v) is 4.55. The molecule has 0 atom stereocenters. The van der Waals surface area contributed by atoms with Crippen molar-refractivity contribution in [3.63, 3.8) is 0 Å². The molecule has 0 aliphatic carbocycles.